The highest BCUT2D eigenvalue weighted by Gasteiger charge is 2.16. The Bertz CT molecular complexity index is 279. The minimum atomic E-state index is 0.0879. The zero-order chi connectivity index (χ0) is 10.6. The highest BCUT2D eigenvalue weighted by molar-refractivity contribution is 5.13. The van der Waals surface area contributed by atoms with Gasteiger partial charge < -0.3 is 5.73 Å². The SMILES string of the molecule is CCC(CC)C(N)c1cccc(C)n1. The van der Waals surface area contributed by atoms with Crippen LogP contribution >= 0.6 is 0 Å². The third-order valence-corrected chi connectivity index (χ3v) is 2.81. The lowest BCUT2D eigenvalue weighted by molar-refractivity contribution is 0.398. The molecule has 0 radical (unpaired) electrons. The van der Waals surface area contributed by atoms with Crippen molar-refractivity contribution in [3.63, 3.8) is 0 Å². The summed E-state index contributed by atoms with van der Waals surface area (Å²) in [6.45, 7) is 6.37. The van der Waals surface area contributed by atoms with E-state index < -0.39 is 0 Å². The molecular weight excluding hydrogens is 172 g/mol. The average Bonchev–Trinajstić information content (AvgIpc) is 2.19. The summed E-state index contributed by atoms with van der Waals surface area (Å²) in [4.78, 5) is 4.46. The number of aromatic nitrogens is 1. The Morgan fingerprint density at radius 2 is 1.93 bits per heavy atom. The van der Waals surface area contributed by atoms with E-state index in [4.69, 9.17) is 5.73 Å². The van der Waals surface area contributed by atoms with Gasteiger partial charge >= 0.3 is 0 Å². The number of nitrogens with zero attached hydrogens (tertiary/aromatic N) is 1. The van der Waals surface area contributed by atoms with Gasteiger partial charge in [0, 0.05) is 11.7 Å². The van der Waals surface area contributed by atoms with Crippen LogP contribution in [-0.4, -0.2) is 4.98 Å². The fraction of sp³-hybridized carbons (Fsp3) is 0.583. The minimum absolute atomic E-state index is 0.0879. The maximum absolute atomic E-state index is 6.17. The molecule has 0 aromatic carbocycles. The van der Waals surface area contributed by atoms with Gasteiger partial charge in [0.25, 0.3) is 0 Å². The summed E-state index contributed by atoms with van der Waals surface area (Å²) in [5.74, 6) is 0.546. The molecule has 14 heavy (non-hydrogen) atoms. The molecule has 0 fully saturated rings. The van der Waals surface area contributed by atoms with Crippen molar-refractivity contribution in [1.29, 1.82) is 0 Å². The van der Waals surface area contributed by atoms with Crippen LogP contribution in [0.5, 0.6) is 0 Å². The second-order valence-corrected chi connectivity index (χ2v) is 3.81. The van der Waals surface area contributed by atoms with Crippen LogP contribution in [0.15, 0.2) is 18.2 Å². The predicted molar refractivity (Wildman–Crippen MR) is 60.0 cm³/mol. The van der Waals surface area contributed by atoms with Gasteiger partial charge in [-0.1, -0.05) is 32.8 Å². The molecule has 2 nitrogen and oxygen atoms in total. The summed E-state index contributed by atoms with van der Waals surface area (Å²) in [7, 11) is 0. The molecule has 0 aliphatic rings. The van der Waals surface area contributed by atoms with Crippen LogP contribution < -0.4 is 5.73 Å². The molecule has 2 N–H and O–H groups in total. The number of aryl methyl sites for hydroxylation is 1. The first-order valence-electron chi connectivity index (χ1n) is 5.38. The van der Waals surface area contributed by atoms with Gasteiger partial charge in [-0.3, -0.25) is 4.98 Å². The highest BCUT2D eigenvalue weighted by atomic mass is 14.8. The van der Waals surface area contributed by atoms with Crippen molar-refractivity contribution in [2.24, 2.45) is 11.7 Å². The molecule has 0 spiro atoms. The normalized spacial score (nSPS) is 13.2. The number of rotatable bonds is 4. The predicted octanol–water partition coefficient (Wildman–Crippen LogP) is 2.83. The van der Waals surface area contributed by atoms with Gasteiger partial charge in [-0.25, -0.2) is 0 Å². The summed E-state index contributed by atoms with van der Waals surface area (Å²) in [5.41, 5.74) is 8.24. The third-order valence-electron chi connectivity index (χ3n) is 2.81. The second-order valence-electron chi connectivity index (χ2n) is 3.81. The molecule has 78 valence electrons. The molecule has 0 saturated heterocycles. The summed E-state index contributed by atoms with van der Waals surface area (Å²) in [5, 5.41) is 0. The first kappa shape index (κ1) is 11.2. The Labute approximate surface area is 86.5 Å². The molecule has 1 aromatic rings. The van der Waals surface area contributed by atoms with Crippen molar-refractivity contribution in [2.75, 3.05) is 0 Å². The lowest BCUT2D eigenvalue weighted by Gasteiger charge is -2.20. The average molecular weight is 192 g/mol. The van der Waals surface area contributed by atoms with E-state index >= 15 is 0 Å². The molecule has 0 aliphatic carbocycles. The van der Waals surface area contributed by atoms with Crippen LogP contribution in [0.1, 0.15) is 44.1 Å². The van der Waals surface area contributed by atoms with Crippen molar-refractivity contribution in [2.45, 2.75) is 39.7 Å². The first-order valence-corrected chi connectivity index (χ1v) is 5.38. The van der Waals surface area contributed by atoms with Gasteiger partial charge in [-0.05, 0) is 25.0 Å². The number of pyridine rings is 1. The molecule has 1 unspecified atom stereocenters. The molecule has 2 heteroatoms. The lowest BCUT2D eigenvalue weighted by Crippen LogP contribution is -2.21. The van der Waals surface area contributed by atoms with Gasteiger partial charge in [0.15, 0.2) is 0 Å². The summed E-state index contributed by atoms with van der Waals surface area (Å²) < 4.78 is 0. The molecule has 0 aliphatic heterocycles. The molecule has 0 bridgehead atoms. The van der Waals surface area contributed by atoms with E-state index in [1.54, 1.807) is 0 Å². The maximum Gasteiger partial charge on any atom is 0.0577 e. The van der Waals surface area contributed by atoms with Crippen molar-refractivity contribution in [3.8, 4) is 0 Å². The monoisotopic (exact) mass is 192 g/mol. The smallest absolute Gasteiger partial charge is 0.0577 e. The number of hydrogen-bond acceptors (Lipinski definition) is 2. The summed E-state index contributed by atoms with van der Waals surface area (Å²) in [6, 6.07) is 6.14. The van der Waals surface area contributed by atoms with E-state index in [0.29, 0.717) is 5.92 Å². The van der Waals surface area contributed by atoms with Crippen molar-refractivity contribution in [1.82, 2.24) is 4.98 Å². The summed E-state index contributed by atoms with van der Waals surface area (Å²) >= 11 is 0. The molecule has 1 aromatic heterocycles. The zero-order valence-electron chi connectivity index (χ0n) is 9.33. The number of hydrogen-bond donors (Lipinski definition) is 1. The Balaban J connectivity index is 2.82. The van der Waals surface area contributed by atoms with Crippen LogP contribution in [0, 0.1) is 12.8 Å². The Morgan fingerprint density at radius 1 is 1.29 bits per heavy atom. The zero-order valence-corrected chi connectivity index (χ0v) is 9.33. The third kappa shape index (κ3) is 2.55. The van der Waals surface area contributed by atoms with Crippen molar-refractivity contribution in [3.05, 3.63) is 29.6 Å². The van der Waals surface area contributed by atoms with E-state index in [2.05, 4.69) is 18.8 Å². The molecule has 0 amide bonds. The van der Waals surface area contributed by atoms with Gasteiger partial charge in [0.1, 0.15) is 0 Å². The fourth-order valence-electron chi connectivity index (χ4n) is 1.79. The topological polar surface area (TPSA) is 38.9 Å². The van der Waals surface area contributed by atoms with Gasteiger partial charge in [-0.2, -0.15) is 0 Å². The molecule has 1 rings (SSSR count). The van der Waals surface area contributed by atoms with Crippen molar-refractivity contribution < 1.29 is 0 Å². The van der Waals surface area contributed by atoms with Crippen LogP contribution in [-0.2, 0) is 0 Å². The van der Waals surface area contributed by atoms with Crippen LogP contribution in [0.3, 0.4) is 0 Å². The maximum atomic E-state index is 6.17. The highest BCUT2D eigenvalue weighted by Crippen LogP contribution is 2.23. The van der Waals surface area contributed by atoms with E-state index in [9.17, 15) is 0 Å². The largest absolute Gasteiger partial charge is 0.322 e. The summed E-state index contributed by atoms with van der Waals surface area (Å²) in [6.07, 6.45) is 2.24. The van der Waals surface area contributed by atoms with E-state index in [1.807, 2.05) is 25.1 Å². The molecule has 1 atom stereocenters. The number of nitrogens with two attached hydrogens (primary N) is 1. The first-order chi connectivity index (χ1) is 6.69. The molecule has 1 heterocycles. The van der Waals surface area contributed by atoms with Crippen molar-refractivity contribution >= 4 is 0 Å². The molecular formula is C12H20N2. The Morgan fingerprint density at radius 3 is 2.43 bits per heavy atom. The minimum Gasteiger partial charge on any atom is -0.322 e. The quantitative estimate of drug-likeness (QED) is 0.796. The molecule has 0 saturated carbocycles. The van der Waals surface area contributed by atoms with E-state index in [0.717, 1.165) is 24.2 Å². The van der Waals surface area contributed by atoms with Crippen LogP contribution in [0.25, 0.3) is 0 Å². The van der Waals surface area contributed by atoms with E-state index in [1.165, 1.54) is 0 Å². The van der Waals surface area contributed by atoms with Gasteiger partial charge in [0.2, 0.25) is 0 Å². The van der Waals surface area contributed by atoms with E-state index in [-0.39, 0.29) is 6.04 Å². The lowest BCUT2D eigenvalue weighted by atomic mass is 9.92. The Hall–Kier alpha value is -0.890. The van der Waals surface area contributed by atoms with Gasteiger partial charge in [0.05, 0.1) is 5.69 Å². The standard InChI is InChI=1S/C12H20N2/c1-4-10(5-2)12(13)11-8-6-7-9(3)14-11/h6-8,10,12H,4-5,13H2,1-3H3. The Kier molecular flexibility index (Phi) is 4.08. The second kappa shape index (κ2) is 5.11. The van der Waals surface area contributed by atoms with Crippen LogP contribution in [0.4, 0.5) is 0 Å². The van der Waals surface area contributed by atoms with Gasteiger partial charge in [-0.15, -0.1) is 0 Å². The fourth-order valence-corrected chi connectivity index (χ4v) is 1.79. The van der Waals surface area contributed by atoms with Crippen LogP contribution in [0.2, 0.25) is 0 Å².